The predicted octanol–water partition coefficient (Wildman–Crippen LogP) is 3.09. The van der Waals surface area contributed by atoms with Crippen molar-refractivity contribution in [3.05, 3.63) is 12.2 Å². The van der Waals surface area contributed by atoms with E-state index in [1.165, 1.54) is 20.0 Å². The minimum atomic E-state index is -0.826. The molecule has 0 radical (unpaired) electrons. The lowest BCUT2D eigenvalue weighted by molar-refractivity contribution is -0.147. The fourth-order valence-corrected chi connectivity index (χ4v) is 4.83. The summed E-state index contributed by atoms with van der Waals surface area (Å²) in [5.41, 5.74) is 0.432. The standard InChI is InChI=1S/C16H24O3/c1-10-15(4)8-6-7-14(2,3)11(15)9-12-16(10,19-12)13(17)18-5/h11-12H,1,6-9H2,2-5H3/t11-,12+,15+,16-/m0/s1. The van der Waals surface area contributed by atoms with E-state index in [9.17, 15) is 4.79 Å². The van der Waals surface area contributed by atoms with Crippen molar-refractivity contribution in [3.63, 3.8) is 0 Å². The Morgan fingerprint density at radius 2 is 2.05 bits per heavy atom. The Bertz CT molecular complexity index is 453. The summed E-state index contributed by atoms with van der Waals surface area (Å²) >= 11 is 0. The van der Waals surface area contributed by atoms with Gasteiger partial charge in [-0.1, -0.05) is 33.8 Å². The molecule has 1 heterocycles. The third-order valence-electron chi connectivity index (χ3n) is 6.03. The molecule has 3 fully saturated rings. The maximum atomic E-state index is 12.1. The zero-order valence-electron chi connectivity index (χ0n) is 12.4. The van der Waals surface area contributed by atoms with Gasteiger partial charge in [0.25, 0.3) is 0 Å². The number of methoxy groups -OCH3 is 1. The van der Waals surface area contributed by atoms with E-state index in [0.717, 1.165) is 18.4 Å². The zero-order valence-corrected chi connectivity index (χ0v) is 12.4. The predicted molar refractivity (Wildman–Crippen MR) is 72.6 cm³/mol. The van der Waals surface area contributed by atoms with Crippen molar-refractivity contribution in [1.82, 2.24) is 0 Å². The van der Waals surface area contributed by atoms with Crippen LogP contribution in [0.3, 0.4) is 0 Å². The maximum Gasteiger partial charge on any atom is 0.345 e. The van der Waals surface area contributed by atoms with Crippen molar-refractivity contribution in [3.8, 4) is 0 Å². The van der Waals surface area contributed by atoms with E-state index in [1.807, 2.05) is 0 Å². The van der Waals surface area contributed by atoms with E-state index in [-0.39, 0.29) is 17.5 Å². The van der Waals surface area contributed by atoms with E-state index in [1.54, 1.807) is 0 Å². The highest BCUT2D eigenvalue weighted by molar-refractivity contribution is 5.88. The second-order valence-corrected chi connectivity index (χ2v) is 7.36. The molecule has 0 aromatic carbocycles. The van der Waals surface area contributed by atoms with Gasteiger partial charge in [0.2, 0.25) is 5.60 Å². The lowest BCUT2D eigenvalue weighted by atomic mass is 9.49. The van der Waals surface area contributed by atoms with Crippen LogP contribution in [0.4, 0.5) is 0 Å². The molecule has 2 saturated carbocycles. The third kappa shape index (κ3) is 1.45. The number of hydrogen-bond donors (Lipinski definition) is 0. The Balaban J connectivity index is 2.00. The number of rotatable bonds is 1. The number of epoxide rings is 1. The van der Waals surface area contributed by atoms with Crippen LogP contribution in [0, 0.1) is 16.7 Å². The second-order valence-electron chi connectivity index (χ2n) is 7.36. The van der Waals surface area contributed by atoms with Gasteiger partial charge < -0.3 is 9.47 Å². The first-order chi connectivity index (χ1) is 8.79. The Morgan fingerprint density at radius 1 is 1.37 bits per heavy atom. The molecule has 106 valence electrons. The molecule has 19 heavy (non-hydrogen) atoms. The van der Waals surface area contributed by atoms with Crippen molar-refractivity contribution < 1.29 is 14.3 Å². The van der Waals surface area contributed by atoms with Crippen LogP contribution < -0.4 is 0 Å². The summed E-state index contributed by atoms with van der Waals surface area (Å²) in [7, 11) is 1.43. The first-order valence-electron chi connectivity index (χ1n) is 7.25. The lowest BCUT2D eigenvalue weighted by Crippen LogP contribution is -2.52. The van der Waals surface area contributed by atoms with Crippen molar-refractivity contribution >= 4 is 5.97 Å². The Kier molecular flexibility index (Phi) is 2.52. The summed E-state index contributed by atoms with van der Waals surface area (Å²) < 4.78 is 10.8. The lowest BCUT2D eigenvalue weighted by Gasteiger charge is -2.54. The molecule has 0 unspecified atom stereocenters. The fraction of sp³-hybridized carbons (Fsp3) is 0.812. The van der Waals surface area contributed by atoms with Crippen LogP contribution in [0.2, 0.25) is 0 Å². The number of hydrogen-bond acceptors (Lipinski definition) is 3. The van der Waals surface area contributed by atoms with E-state index in [4.69, 9.17) is 9.47 Å². The van der Waals surface area contributed by atoms with Gasteiger partial charge in [-0.15, -0.1) is 0 Å². The van der Waals surface area contributed by atoms with Crippen molar-refractivity contribution in [2.24, 2.45) is 16.7 Å². The molecule has 3 aliphatic rings. The van der Waals surface area contributed by atoms with Crippen LogP contribution in [0.5, 0.6) is 0 Å². The average Bonchev–Trinajstić information content (AvgIpc) is 3.07. The topological polar surface area (TPSA) is 38.8 Å². The summed E-state index contributed by atoms with van der Waals surface area (Å²) in [6.07, 6.45) is 4.49. The molecule has 3 rings (SSSR count). The van der Waals surface area contributed by atoms with Gasteiger partial charge >= 0.3 is 5.97 Å². The molecule has 0 bridgehead atoms. The SMILES string of the molecule is C=C1[C@]2(C(=O)OC)O[C@@H]2C[C@H]2C(C)(C)CCC[C@]12C. The molecule has 0 aromatic rings. The molecule has 0 aromatic heterocycles. The quantitative estimate of drug-likeness (QED) is 0.415. The third-order valence-corrected chi connectivity index (χ3v) is 6.03. The molecular formula is C16H24O3. The smallest absolute Gasteiger partial charge is 0.345 e. The molecule has 0 spiro atoms. The molecule has 3 nitrogen and oxygen atoms in total. The largest absolute Gasteiger partial charge is 0.467 e. The second kappa shape index (κ2) is 3.63. The van der Waals surface area contributed by atoms with Crippen LogP contribution in [0.25, 0.3) is 0 Å². The highest BCUT2D eigenvalue weighted by Gasteiger charge is 2.74. The van der Waals surface area contributed by atoms with Crippen LogP contribution >= 0.6 is 0 Å². The van der Waals surface area contributed by atoms with Gasteiger partial charge in [0.15, 0.2) is 0 Å². The van der Waals surface area contributed by atoms with Crippen LogP contribution in [0.1, 0.15) is 46.5 Å². The summed E-state index contributed by atoms with van der Waals surface area (Å²) in [5.74, 6) is 0.289. The minimum absolute atomic E-state index is 0.00292. The maximum absolute atomic E-state index is 12.1. The molecule has 3 heteroatoms. The van der Waals surface area contributed by atoms with E-state index < -0.39 is 5.60 Å². The summed E-state index contributed by atoms with van der Waals surface area (Å²) in [6.45, 7) is 11.2. The van der Waals surface area contributed by atoms with Gasteiger partial charge in [-0.25, -0.2) is 4.79 Å². The van der Waals surface area contributed by atoms with Crippen LogP contribution in [0.15, 0.2) is 12.2 Å². The van der Waals surface area contributed by atoms with Crippen molar-refractivity contribution in [2.75, 3.05) is 7.11 Å². The summed E-state index contributed by atoms with van der Waals surface area (Å²) in [4.78, 5) is 12.1. The van der Waals surface area contributed by atoms with Crippen LogP contribution in [-0.2, 0) is 14.3 Å². The molecular weight excluding hydrogens is 240 g/mol. The Morgan fingerprint density at radius 3 is 2.68 bits per heavy atom. The number of carbonyl (C=O) groups is 1. The summed E-state index contributed by atoms with van der Waals surface area (Å²) in [5, 5.41) is 0. The van der Waals surface area contributed by atoms with Crippen LogP contribution in [-0.4, -0.2) is 24.8 Å². The Hall–Kier alpha value is -0.830. The highest BCUT2D eigenvalue weighted by Crippen LogP contribution is 2.67. The zero-order chi connectivity index (χ0) is 14.1. The van der Waals surface area contributed by atoms with Gasteiger partial charge in [-0.05, 0) is 41.6 Å². The van der Waals surface area contributed by atoms with Gasteiger partial charge in [0, 0.05) is 0 Å². The van der Waals surface area contributed by atoms with Gasteiger partial charge in [-0.2, -0.15) is 0 Å². The van der Waals surface area contributed by atoms with Gasteiger partial charge in [0.05, 0.1) is 7.11 Å². The number of carbonyl (C=O) groups excluding carboxylic acids is 1. The van der Waals surface area contributed by atoms with E-state index in [0.29, 0.717) is 11.3 Å². The number of ether oxygens (including phenoxy) is 2. The monoisotopic (exact) mass is 264 g/mol. The molecule has 0 N–H and O–H groups in total. The number of esters is 1. The Labute approximate surface area is 115 Å². The highest BCUT2D eigenvalue weighted by atomic mass is 16.7. The first kappa shape index (κ1) is 13.2. The molecule has 1 saturated heterocycles. The van der Waals surface area contributed by atoms with Gasteiger partial charge in [0.1, 0.15) is 6.10 Å². The molecule has 2 aliphatic carbocycles. The van der Waals surface area contributed by atoms with E-state index >= 15 is 0 Å². The number of fused-ring (bicyclic) bond motifs is 2. The van der Waals surface area contributed by atoms with Crippen molar-refractivity contribution in [2.45, 2.75) is 58.2 Å². The summed E-state index contributed by atoms with van der Waals surface area (Å²) in [6, 6.07) is 0. The minimum Gasteiger partial charge on any atom is -0.467 e. The fourth-order valence-electron chi connectivity index (χ4n) is 4.83. The van der Waals surface area contributed by atoms with E-state index in [2.05, 4.69) is 27.4 Å². The average molecular weight is 264 g/mol. The normalized spacial score (nSPS) is 47.1. The molecule has 1 aliphatic heterocycles. The molecule has 0 amide bonds. The van der Waals surface area contributed by atoms with Gasteiger partial charge in [-0.3, -0.25) is 0 Å². The van der Waals surface area contributed by atoms with Crippen molar-refractivity contribution in [1.29, 1.82) is 0 Å². The molecule has 4 atom stereocenters. The first-order valence-corrected chi connectivity index (χ1v) is 7.25.